The highest BCUT2D eigenvalue weighted by atomic mass is 16.2. The van der Waals surface area contributed by atoms with Gasteiger partial charge in [-0.25, -0.2) is 5.84 Å². The molecule has 0 bridgehead atoms. The molecule has 1 aromatic rings. The number of nitriles is 1. The zero-order chi connectivity index (χ0) is 12.4. The molecule has 0 heterocycles. The van der Waals surface area contributed by atoms with E-state index in [0.29, 0.717) is 17.0 Å². The molecule has 1 amide bonds. The minimum Gasteiger partial charge on any atom is -0.290 e. The number of benzene rings is 1. The zero-order valence-corrected chi connectivity index (χ0v) is 9.79. The number of nitrogen functional groups attached to an aromatic ring is 1. The molecule has 1 saturated carbocycles. The number of hydrazine groups is 1. The lowest BCUT2D eigenvalue weighted by atomic mass is 9.77. The SMILES string of the molecule is Cc1cc(C2CCC2)c(C(=O)NN)cc1C#N. The van der Waals surface area contributed by atoms with Gasteiger partial charge in [-0.05, 0) is 42.9 Å². The van der Waals surface area contributed by atoms with Gasteiger partial charge in [-0.3, -0.25) is 10.2 Å². The van der Waals surface area contributed by atoms with Crippen molar-refractivity contribution in [2.24, 2.45) is 5.84 Å². The first-order chi connectivity index (χ1) is 8.17. The van der Waals surface area contributed by atoms with Crippen LogP contribution in [0.1, 0.15) is 52.2 Å². The summed E-state index contributed by atoms with van der Waals surface area (Å²) in [6, 6.07) is 5.69. The smallest absolute Gasteiger partial charge is 0.265 e. The number of hydrogen-bond acceptors (Lipinski definition) is 3. The minimum absolute atomic E-state index is 0.316. The van der Waals surface area contributed by atoms with Crippen LogP contribution in [0.15, 0.2) is 12.1 Å². The fraction of sp³-hybridized carbons (Fsp3) is 0.385. The van der Waals surface area contributed by atoms with Crippen molar-refractivity contribution < 1.29 is 4.79 Å². The molecule has 2 rings (SSSR count). The van der Waals surface area contributed by atoms with Gasteiger partial charge in [-0.15, -0.1) is 0 Å². The first kappa shape index (κ1) is 11.6. The van der Waals surface area contributed by atoms with Crippen LogP contribution in [0.25, 0.3) is 0 Å². The van der Waals surface area contributed by atoms with Crippen LogP contribution in [0.5, 0.6) is 0 Å². The number of carbonyl (C=O) groups is 1. The molecule has 3 N–H and O–H groups in total. The number of nitrogens with zero attached hydrogens (tertiary/aromatic N) is 1. The van der Waals surface area contributed by atoms with Crippen LogP contribution in [0, 0.1) is 18.3 Å². The molecule has 4 heteroatoms. The van der Waals surface area contributed by atoms with E-state index in [4.69, 9.17) is 11.1 Å². The predicted molar refractivity (Wildman–Crippen MR) is 64.1 cm³/mol. The van der Waals surface area contributed by atoms with Gasteiger partial charge in [-0.2, -0.15) is 5.26 Å². The number of rotatable bonds is 2. The molecule has 0 spiro atoms. The Morgan fingerprint density at radius 3 is 2.71 bits per heavy atom. The number of aryl methyl sites for hydroxylation is 1. The molecule has 0 atom stereocenters. The Balaban J connectivity index is 2.52. The Labute approximate surface area is 100 Å². The summed E-state index contributed by atoms with van der Waals surface area (Å²) in [5, 5.41) is 8.99. The Morgan fingerprint density at radius 2 is 2.24 bits per heavy atom. The molecule has 4 nitrogen and oxygen atoms in total. The third-order valence-corrected chi connectivity index (χ3v) is 3.44. The average molecular weight is 229 g/mol. The summed E-state index contributed by atoms with van der Waals surface area (Å²) in [5.41, 5.74) is 5.17. The maximum absolute atomic E-state index is 11.7. The summed E-state index contributed by atoms with van der Waals surface area (Å²) in [7, 11) is 0. The van der Waals surface area contributed by atoms with Crippen molar-refractivity contribution >= 4 is 5.91 Å². The van der Waals surface area contributed by atoms with Crippen LogP contribution < -0.4 is 11.3 Å². The Morgan fingerprint density at radius 1 is 1.53 bits per heavy atom. The van der Waals surface area contributed by atoms with Crippen molar-refractivity contribution in [2.75, 3.05) is 0 Å². The molecule has 1 aromatic carbocycles. The van der Waals surface area contributed by atoms with Gasteiger partial charge < -0.3 is 0 Å². The number of hydrogen-bond donors (Lipinski definition) is 2. The molecule has 0 radical (unpaired) electrons. The number of carbonyl (C=O) groups excluding carboxylic acids is 1. The summed E-state index contributed by atoms with van der Waals surface area (Å²) in [4.78, 5) is 11.7. The van der Waals surface area contributed by atoms with Crippen LogP contribution in [0.2, 0.25) is 0 Å². The summed E-state index contributed by atoms with van der Waals surface area (Å²) in [6.45, 7) is 1.89. The van der Waals surface area contributed by atoms with Crippen molar-refractivity contribution in [3.63, 3.8) is 0 Å². The molecule has 0 saturated heterocycles. The van der Waals surface area contributed by atoms with Gasteiger partial charge in [0.2, 0.25) is 0 Å². The molecule has 1 fully saturated rings. The molecule has 1 aliphatic carbocycles. The second-order valence-electron chi connectivity index (χ2n) is 4.47. The lowest BCUT2D eigenvalue weighted by molar-refractivity contribution is 0.0951. The standard InChI is InChI=1S/C13H15N3O/c1-8-5-11(9-3-2-4-9)12(13(17)16-15)6-10(8)7-14/h5-6,9H,2-4,15H2,1H3,(H,16,17). The molecule has 1 aliphatic rings. The second kappa shape index (κ2) is 4.56. The zero-order valence-electron chi connectivity index (χ0n) is 9.79. The number of nitrogens with two attached hydrogens (primary N) is 1. The van der Waals surface area contributed by atoms with Crippen LogP contribution in [-0.4, -0.2) is 5.91 Å². The maximum atomic E-state index is 11.7. The van der Waals surface area contributed by atoms with Crippen molar-refractivity contribution in [3.8, 4) is 6.07 Å². The van der Waals surface area contributed by atoms with E-state index in [1.165, 1.54) is 6.42 Å². The van der Waals surface area contributed by atoms with E-state index in [1.807, 2.05) is 13.0 Å². The Hall–Kier alpha value is -1.86. The first-order valence-electron chi connectivity index (χ1n) is 5.73. The van der Waals surface area contributed by atoms with E-state index in [1.54, 1.807) is 6.07 Å². The third kappa shape index (κ3) is 2.02. The number of amides is 1. The van der Waals surface area contributed by atoms with E-state index in [2.05, 4.69) is 11.5 Å². The maximum Gasteiger partial charge on any atom is 0.265 e. The van der Waals surface area contributed by atoms with Gasteiger partial charge in [0.25, 0.3) is 5.91 Å². The van der Waals surface area contributed by atoms with E-state index < -0.39 is 0 Å². The number of nitrogens with one attached hydrogen (secondary N) is 1. The minimum atomic E-state index is -0.316. The van der Waals surface area contributed by atoms with E-state index in [9.17, 15) is 4.79 Å². The normalized spacial score (nSPS) is 14.9. The topological polar surface area (TPSA) is 78.9 Å². The lowest BCUT2D eigenvalue weighted by Crippen LogP contribution is -2.31. The molecule has 0 aliphatic heterocycles. The lowest BCUT2D eigenvalue weighted by Gasteiger charge is -2.28. The Bertz CT molecular complexity index is 498. The first-order valence-corrected chi connectivity index (χ1v) is 5.73. The summed E-state index contributed by atoms with van der Waals surface area (Å²) in [5.74, 6) is 5.30. The highest BCUT2D eigenvalue weighted by molar-refractivity contribution is 5.96. The van der Waals surface area contributed by atoms with Gasteiger partial charge in [-0.1, -0.05) is 12.5 Å². The molecule has 0 aromatic heterocycles. The van der Waals surface area contributed by atoms with Crippen molar-refractivity contribution in [2.45, 2.75) is 32.1 Å². The van der Waals surface area contributed by atoms with E-state index in [0.717, 1.165) is 24.0 Å². The summed E-state index contributed by atoms with van der Waals surface area (Å²) >= 11 is 0. The fourth-order valence-electron chi connectivity index (χ4n) is 2.18. The van der Waals surface area contributed by atoms with Crippen LogP contribution in [0.4, 0.5) is 0 Å². The highest BCUT2D eigenvalue weighted by Crippen LogP contribution is 2.38. The summed E-state index contributed by atoms with van der Waals surface area (Å²) in [6.07, 6.45) is 3.42. The second-order valence-corrected chi connectivity index (χ2v) is 4.47. The van der Waals surface area contributed by atoms with Gasteiger partial charge >= 0.3 is 0 Å². The monoisotopic (exact) mass is 229 g/mol. The molecule has 88 valence electrons. The predicted octanol–water partition coefficient (Wildman–Crippen LogP) is 1.74. The van der Waals surface area contributed by atoms with Gasteiger partial charge in [0, 0.05) is 5.56 Å². The van der Waals surface area contributed by atoms with Gasteiger partial charge in [0.05, 0.1) is 11.6 Å². The molecule has 0 unspecified atom stereocenters. The fourth-order valence-corrected chi connectivity index (χ4v) is 2.18. The largest absolute Gasteiger partial charge is 0.290 e. The van der Waals surface area contributed by atoms with E-state index >= 15 is 0 Å². The van der Waals surface area contributed by atoms with Gasteiger partial charge in [0.15, 0.2) is 0 Å². The van der Waals surface area contributed by atoms with Crippen molar-refractivity contribution in [3.05, 3.63) is 34.4 Å². The summed E-state index contributed by atoms with van der Waals surface area (Å²) < 4.78 is 0. The Kier molecular flexibility index (Phi) is 3.12. The molecule has 17 heavy (non-hydrogen) atoms. The highest BCUT2D eigenvalue weighted by Gasteiger charge is 2.25. The quantitative estimate of drug-likeness (QED) is 0.460. The van der Waals surface area contributed by atoms with Crippen molar-refractivity contribution in [1.82, 2.24) is 5.43 Å². The molecular weight excluding hydrogens is 214 g/mol. The molecular formula is C13H15N3O. The van der Waals surface area contributed by atoms with Crippen LogP contribution >= 0.6 is 0 Å². The van der Waals surface area contributed by atoms with Crippen molar-refractivity contribution in [1.29, 1.82) is 5.26 Å². The van der Waals surface area contributed by atoms with E-state index in [-0.39, 0.29) is 5.91 Å². The van der Waals surface area contributed by atoms with Crippen LogP contribution in [-0.2, 0) is 0 Å². The van der Waals surface area contributed by atoms with Gasteiger partial charge in [0.1, 0.15) is 0 Å². The third-order valence-electron chi connectivity index (χ3n) is 3.44. The average Bonchev–Trinajstić information content (AvgIpc) is 2.26. The van der Waals surface area contributed by atoms with Crippen LogP contribution in [0.3, 0.4) is 0 Å².